The van der Waals surface area contributed by atoms with Crippen LogP contribution in [0.1, 0.15) is 10.4 Å². The van der Waals surface area contributed by atoms with Crippen LogP contribution in [-0.2, 0) is 4.79 Å². The predicted molar refractivity (Wildman–Crippen MR) is 89.1 cm³/mol. The Balaban J connectivity index is 0.000000175. The Hall–Kier alpha value is -3.28. The molecule has 0 fully saturated rings. The second-order valence-electron chi connectivity index (χ2n) is 4.88. The molecule has 1 aromatic rings. The van der Waals surface area contributed by atoms with Gasteiger partial charge in [-0.25, -0.2) is 4.79 Å². The molecule has 24 heavy (non-hydrogen) atoms. The molecule has 0 atom stereocenters. The van der Waals surface area contributed by atoms with Gasteiger partial charge in [0.15, 0.2) is 0 Å². The van der Waals surface area contributed by atoms with Crippen LogP contribution in [0.4, 0.5) is 0 Å². The summed E-state index contributed by atoms with van der Waals surface area (Å²) in [5.41, 5.74) is 7.70. The molecule has 0 saturated carbocycles. The van der Waals surface area contributed by atoms with Gasteiger partial charge in [0, 0.05) is 6.07 Å². The molecule has 0 aliphatic heterocycles. The van der Waals surface area contributed by atoms with Crippen molar-refractivity contribution in [2.24, 2.45) is 5.73 Å². The number of aliphatic carboxylic acids is 1. The van der Waals surface area contributed by atoms with E-state index >= 15 is 0 Å². The van der Waals surface area contributed by atoms with Crippen molar-refractivity contribution < 1.29 is 24.2 Å². The Morgan fingerprint density at radius 3 is 2.42 bits per heavy atom. The van der Waals surface area contributed by atoms with Crippen LogP contribution in [0.15, 0.2) is 65.3 Å². The Kier molecular flexibility index (Phi) is 5.21. The normalized spacial score (nSPS) is 13.8. The molecule has 0 spiro atoms. The molecule has 6 nitrogen and oxygen atoms in total. The second-order valence-corrected chi connectivity index (χ2v) is 4.88. The number of primary amides is 1. The van der Waals surface area contributed by atoms with Gasteiger partial charge in [-0.05, 0) is 29.4 Å². The molecule has 0 radical (unpaired) electrons. The summed E-state index contributed by atoms with van der Waals surface area (Å²) in [7, 11) is 3.01. The molecule has 3 rings (SSSR count). The van der Waals surface area contributed by atoms with Crippen molar-refractivity contribution in [2.75, 3.05) is 14.2 Å². The average Bonchev–Trinajstić information content (AvgIpc) is 3.17. The predicted octanol–water partition coefficient (Wildman–Crippen LogP) is 2.24. The minimum atomic E-state index is -0.855. The zero-order chi connectivity index (χ0) is 17.7. The van der Waals surface area contributed by atoms with Crippen LogP contribution in [0.3, 0.4) is 0 Å². The summed E-state index contributed by atoms with van der Waals surface area (Å²) in [6.07, 6.45) is 9.03. The van der Waals surface area contributed by atoms with Gasteiger partial charge in [0.05, 0.1) is 25.4 Å². The molecular weight excluding hydrogens is 310 g/mol. The lowest BCUT2D eigenvalue weighted by molar-refractivity contribution is -0.132. The minimum Gasteiger partial charge on any atom is -0.497 e. The van der Waals surface area contributed by atoms with E-state index in [-0.39, 0.29) is 0 Å². The first kappa shape index (κ1) is 17.1. The molecule has 3 N–H and O–H groups in total. The highest BCUT2D eigenvalue weighted by Gasteiger charge is 2.20. The monoisotopic (exact) mass is 327 g/mol. The summed E-state index contributed by atoms with van der Waals surface area (Å²) in [6, 6.07) is 4.84. The number of benzene rings is 1. The van der Waals surface area contributed by atoms with Crippen LogP contribution in [0, 0.1) is 0 Å². The van der Waals surface area contributed by atoms with Gasteiger partial charge >= 0.3 is 5.97 Å². The number of carbonyl (C=O) groups excluding carboxylic acids is 1. The van der Waals surface area contributed by atoms with Crippen LogP contribution in [-0.4, -0.2) is 31.2 Å². The molecule has 0 unspecified atom stereocenters. The Morgan fingerprint density at radius 1 is 1.08 bits per heavy atom. The summed E-state index contributed by atoms with van der Waals surface area (Å²) >= 11 is 0. The molecular formula is C18H17NO5. The van der Waals surface area contributed by atoms with Crippen molar-refractivity contribution in [1.82, 2.24) is 0 Å². The van der Waals surface area contributed by atoms with Crippen molar-refractivity contribution in [3.05, 3.63) is 70.9 Å². The summed E-state index contributed by atoms with van der Waals surface area (Å²) in [6.45, 7) is 0. The maximum atomic E-state index is 10.9. The molecule has 6 heteroatoms. The first-order chi connectivity index (χ1) is 11.5. The maximum absolute atomic E-state index is 10.9. The Morgan fingerprint density at radius 2 is 1.83 bits per heavy atom. The molecule has 0 heterocycles. The van der Waals surface area contributed by atoms with Crippen molar-refractivity contribution in [3.63, 3.8) is 0 Å². The van der Waals surface area contributed by atoms with E-state index in [9.17, 15) is 9.59 Å². The summed E-state index contributed by atoms with van der Waals surface area (Å²) < 4.78 is 9.93. The number of carboxylic acids is 1. The lowest BCUT2D eigenvalue weighted by Crippen LogP contribution is -2.12. The lowest BCUT2D eigenvalue weighted by atomic mass is 10.1. The van der Waals surface area contributed by atoms with E-state index in [4.69, 9.17) is 20.3 Å². The topological polar surface area (TPSA) is 98.9 Å². The van der Waals surface area contributed by atoms with Gasteiger partial charge < -0.3 is 20.3 Å². The van der Waals surface area contributed by atoms with Gasteiger partial charge in [-0.1, -0.05) is 24.3 Å². The second kappa shape index (κ2) is 7.32. The summed E-state index contributed by atoms with van der Waals surface area (Å²) in [5.74, 6) is -0.320. The number of fused-ring (bicyclic) bond motifs is 1. The fourth-order valence-electron chi connectivity index (χ4n) is 2.28. The van der Waals surface area contributed by atoms with Crippen LogP contribution in [0.2, 0.25) is 0 Å². The molecule has 1 aromatic carbocycles. The minimum absolute atomic E-state index is 0.350. The summed E-state index contributed by atoms with van der Waals surface area (Å²) in [5, 5.41) is 8.69. The number of ether oxygens (including phenoxy) is 2. The van der Waals surface area contributed by atoms with E-state index in [0.29, 0.717) is 22.6 Å². The smallest absolute Gasteiger partial charge is 0.336 e. The van der Waals surface area contributed by atoms with Gasteiger partial charge in [-0.3, -0.25) is 4.79 Å². The van der Waals surface area contributed by atoms with Crippen LogP contribution >= 0.6 is 0 Å². The van der Waals surface area contributed by atoms with Crippen molar-refractivity contribution >= 4 is 11.9 Å². The number of nitrogens with two attached hydrogens (primary N) is 1. The maximum Gasteiger partial charge on any atom is 0.336 e. The average molecular weight is 327 g/mol. The molecule has 0 saturated heterocycles. The molecule has 124 valence electrons. The van der Waals surface area contributed by atoms with Crippen LogP contribution in [0.5, 0.6) is 11.5 Å². The van der Waals surface area contributed by atoms with Gasteiger partial charge in [0.2, 0.25) is 0 Å². The number of carbonyl (C=O) groups is 2. The number of amides is 1. The third-order valence-corrected chi connectivity index (χ3v) is 3.47. The number of carboxylic acid groups (broad SMARTS) is 1. The van der Waals surface area contributed by atoms with Gasteiger partial charge in [-0.2, -0.15) is 0 Å². The highest BCUT2D eigenvalue weighted by Crippen LogP contribution is 2.30. The zero-order valence-electron chi connectivity index (χ0n) is 13.3. The van der Waals surface area contributed by atoms with E-state index < -0.39 is 11.9 Å². The van der Waals surface area contributed by atoms with Crippen molar-refractivity contribution in [1.29, 1.82) is 0 Å². The van der Waals surface area contributed by atoms with Gasteiger partial charge in [-0.15, -0.1) is 0 Å². The molecule has 2 aliphatic carbocycles. The quantitative estimate of drug-likeness (QED) is 0.883. The molecule has 2 aliphatic rings. The van der Waals surface area contributed by atoms with E-state index in [1.807, 2.05) is 24.3 Å². The number of methoxy groups -OCH3 is 2. The van der Waals surface area contributed by atoms with Crippen molar-refractivity contribution in [2.45, 2.75) is 0 Å². The molecule has 1 amide bonds. The lowest BCUT2D eigenvalue weighted by Gasteiger charge is -2.06. The van der Waals surface area contributed by atoms with E-state index in [1.165, 1.54) is 7.11 Å². The third kappa shape index (κ3) is 3.55. The first-order valence-electron chi connectivity index (χ1n) is 7.04. The number of hydrogen-bond donors (Lipinski definition) is 2. The van der Waals surface area contributed by atoms with E-state index in [0.717, 1.165) is 11.1 Å². The van der Waals surface area contributed by atoms with Gasteiger partial charge in [0.1, 0.15) is 11.5 Å². The zero-order valence-corrected chi connectivity index (χ0v) is 13.3. The SMILES string of the molecule is COc1ccc(C(N)=O)c(OC)c1.O=C(O)C1=CC=C2C=CC=C21. The third-order valence-electron chi connectivity index (χ3n) is 3.47. The van der Waals surface area contributed by atoms with E-state index in [1.54, 1.807) is 31.4 Å². The van der Waals surface area contributed by atoms with Gasteiger partial charge in [0.25, 0.3) is 5.91 Å². The van der Waals surface area contributed by atoms with Crippen LogP contribution < -0.4 is 15.2 Å². The first-order valence-corrected chi connectivity index (χ1v) is 7.04. The van der Waals surface area contributed by atoms with Crippen LogP contribution in [0.25, 0.3) is 0 Å². The fourth-order valence-corrected chi connectivity index (χ4v) is 2.28. The highest BCUT2D eigenvalue weighted by molar-refractivity contribution is 5.97. The van der Waals surface area contributed by atoms with Crippen molar-refractivity contribution in [3.8, 4) is 11.5 Å². The Labute approximate surface area is 139 Å². The number of allylic oxidation sites excluding steroid dienone is 6. The van der Waals surface area contributed by atoms with E-state index in [2.05, 4.69) is 0 Å². The highest BCUT2D eigenvalue weighted by atomic mass is 16.5. The Bertz CT molecular complexity index is 800. The summed E-state index contributed by atoms with van der Waals surface area (Å²) in [4.78, 5) is 21.5. The molecule has 0 aromatic heterocycles. The standard InChI is InChI=1S/C9H11NO3.C9H6O2/c1-12-6-3-4-7(9(10)11)8(5-6)13-2;10-9(11)8-5-4-6-2-1-3-7(6)8/h3-5H,1-2H3,(H2,10,11);1-5H,(H,10,11). The largest absolute Gasteiger partial charge is 0.497 e. The fraction of sp³-hybridized carbons (Fsp3) is 0.111. The number of rotatable bonds is 4. The number of hydrogen-bond acceptors (Lipinski definition) is 4. The molecule has 0 bridgehead atoms.